The van der Waals surface area contributed by atoms with Crippen LogP contribution in [0.4, 0.5) is 5.69 Å². The number of hydrogen-bond acceptors (Lipinski definition) is 4. The molecule has 2 N–H and O–H groups in total. The van der Waals surface area contributed by atoms with Crippen molar-refractivity contribution in [1.29, 1.82) is 0 Å². The Morgan fingerprint density at radius 2 is 1.81 bits per heavy atom. The van der Waals surface area contributed by atoms with Crippen LogP contribution in [0.15, 0.2) is 47.6 Å². The van der Waals surface area contributed by atoms with E-state index in [1.54, 1.807) is 37.3 Å². The molecule has 0 aliphatic heterocycles. The van der Waals surface area contributed by atoms with Crippen molar-refractivity contribution in [2.24, 2.45) is 0 Å². The summed E-state index contributed by atoms with van der Waals surface area (Å²) in [6.07, 6.45) is 0. The van der Waals surface area contributed by atoms with E-state index in [-0.39, 0.29) is 5.91 Å². The number of nitrogens with zero attached hydrogens (tertiary/aromatic N) is 2. The van der Waals surface area contributed by atoms with Gasteiger partial charge in [-0.15, -0.1) is 5.10 Å². The standard InChI is InChI=1S/C17H13Cl3N4OS/c1-9(16(25)21-14-7-6-12(19)8-13(14)20)26-17-22-15(23-24-17)10-2-4-11(18)5-3-10/h2-9H,1H3,(H,21,25)(H,22,23,24). The number of halogens is 3. The van der Waals surface area contributed by atoms with E-state index in [1.807, 2.05) is 12.1 Å². The summed E-state index contributed by atoms with van der Waals surface area (Å²) >= 11 is 19.1. The number of H-pyrrole nitrogens is 1. The number of anilines is 1. The van der Waals surface area contributed by atoms with Crippen LogP contribution < -0.4 is 5.32 Å². The largest absolute Gasteiger partial charge is 0.324 e. The second kappa shape index (κ2) is 8.31. The smallest absolute Gasteiger partial charge is 0.237 e. The quantitative estimate of drug-likeness (QED) is 0.524. The number of amides is 1. The van der Waals surface area contributed by atoms with Gasteiger partial charge >= 0.3 is 0 Å². The average Bonchev–Trinajstić information content (AvgIpc) is 3.06. The van der Waals surface area contributed by atoms with Crippen LogP contribution in [0.2, 0.25) is 15.1 Å². The first-order valence-corrected chi connectivity index (χ1v) is 9.54. The van der Waals surface area contributed by atoms with Gasteiger partial charge in [-0.1, -0.05) is 46.6 Å². The first-order valence-electron chi connectivity index (χ1n) is 7.53. The SMILES string of the molecule is CC(Sc1n[nH]c(-c2ccc(Cl)cc2)n1)C(=O)Nc1ccc(Cl)cc1Cl. The van der Waals surface area contributed by atoms with Gasteiger partial charge in [0.15, 0.2) is 5.82 Å². The third-order valence-corrected chi connectivity index (χ3v) is 5.18. The number of carbonyl (C=O) groups excluding carboxylic acids is 1. The molecular formula is C17H13Cl3N4OS. The number of carbonyl (C=O) groups is 1. The lowest BCUT2D eigenvalue weighted by molar-refractivity contribution is -0.115. The highest BCUT2D eigenvalue weighted by Gasteiger charge is 2.18. The summed E-state index contributed by atoms with van der Waals surface area (Å²) in [5, 5.41) is 11.4. The van der Waals surface area contributed by atoms with E-state index < -0.39 is 5.25 Å². The Bertz CT molecular complexity index is 930. The minimum absolute atomic E-state index is 0.211. The number of aromatic amines is 1. The minimum atomic E-state index is -0.421. The molecular weight excluding hydrogens is 415 g/mol. The van der Waals surface area contributed by atoms with Crippen LogP contribution in [-0.2, 0) is 4.79 Å². The second-order valence-electron chi connectivity index (χ2n) is 5.35. The first-order chi connectivity index (χ1) is 12.4. The molecule has 0 radical (unpaired) electrons. The maximum atomic E-state index is 12.4. The first kappa shape index (κ1) is 19.0. The van der Waals surface area contributed by atoms with Crippen LogP contribution in [0.25, 0.3) is 11.4 Å². The fourth-order valence-electron chi connectivity index (χ4n) is 2.07. The molecule has 2 aromatic carbocycles. The van der Waals surface area contributed by atoms with E-state index in [2.05, 4.69) is 20.5 Å². The van der Waals surface area contributed by atoms with Gasteiger partial charge < -0.3 is 5.32 Å². The van der Waals surface area contributed by atoms with Crippen LogP contribution in [0, 0.1) is 0 Å². The van der Waals surface area contributed by atoms with Crippen molar-refractivity contribution in [1.82, 2.24) is 15.2 Å². The molecule has 3 aromatic rings. The third kappa shape index (κ3) is 4.71. The summed E-state index contributed by atoms with van der Waals surface area (Å²) in [6, 6.07) is 12.1. The zero-order valence-electron chi connectivity index (χ0n) is 13.5. The molecule has 0 fully saturated rings. The zero-order valence-corrected chi connectivity index (χ0v) is 16.5. The van der Waals surface area contributed by atoms with Crippen LogP contribution in [0.1, 0.15) is 6.92 Å². The molecule has 9 heteroatoms. The molecule has 0 aliphatic carbocycles. The number of benzene rings is 2. The predicted octanol–water partition coefficient (Wildman–Crippen LogP) is 5.55. The van der Waals surface area contributed by atoms with Gasteiger partial charge in [-0.05, 0) is 49.4 Å². The van der Waals surface area contributed by atoms with Crippen LogP contribution in [0.3, 0.4) is 0 Å². The molecule has 26 heavy (non-hydrogen) atoms. The minimum Gasteiger partial charge on any atom is -0.324 e. The van der Waals surface area contributed by atoms with Gasteiger partial charge in [0.2, 0.25) is 11.1 Å². The number of nitrogens with one attached hydrogen (secondary N) is 2. The van der Waals surface area contributed by atoms with Crippen LogP contribution in [0.5, 0.6) is 0 Å². The molecule has 1 aromatic heterocycles. The normalized spacial score (nSPS) is 12.0. The summed E-state index contributed by atoms with van der Waals surface area (Å²) in [7, 11) is 0. The highest BCUT2D eigenvalue weighted by atomic mass is 35.5. The van der Waals surface area contributed by atoms with Crippen molar-refractivity contribution >= 4 is 58.2 Å². The molecule has 1 heterocycles. The van der Waals surface area contributed by atoms with Gasteiger partial charge in [0.25, 0.3) is 0 Å². The Morgan fingerprint density at radius 1 is 1.12 bits per heavy atom. The average molecular weight is 428 g/mol. The molecule has 0 saturated heterocycles. The maximum Gasteiger partial charge on any atom is 0.237 e. The van der Waals surface area contributed by atoms with Gasteiger partial charge in [0.05, 0.1) is 16.0 Å². The van der Waals surface area contributed by atoms with Crippen LogP contribution in [-0.4, -0.2) is 26.3 Å². The molecule has 0 saturated carbocycles. The van der Waals surface area contributed by atoms with E-state index >= 15 is 0 Å². The van der Waals surface area contributed by atoms with E-state index in [0.29, 0.717) is 31.7 Å². The van der Waals surface area contributed by atoms with Gasteiger partial charge in [-0.2, -0.15) is 0 Å². The highest BCUT2D eigenvalue weighted by Crippen LogP contribution is 2.28. The summed E-state index contributed by atoms with van der Waals surface area (Å²) in [6.45, 7) is 1.77. The Balaban J connectivity index is 1.65. The van der Waals surface area contributed by atoms with E-state index in [9.17, 15) is 4.79 Å². The molecule has 1 amide bonds. The van der Waals surface area contributed by atoms with E-state index in [4.69, 9.17) is 34.8 Å². The lowest BCUT2D eigenvalue weighted by Gasteiger charge is -2.11. The Hall–Kier alpha value is -1.73. The molecule has 1 unspecified atom stereocenters. The highest BCUT2D eigenvalue weighted by molar-refractivity contribution is 8.00. The maximum absolute atomic E-state index is 12.4. The Kier molecular flexibility index (Phi) is 6.09. The number of rotatable bonds is 5. The molecule has 0 aliphatic rings. The number of aromatic nitrogens is 3. The zero-order chi connectivity index (χ0) is 18.7. The van der Waals surface area contributed by atoms with Crippen molar-refractivity contribution in [2.45, 2.75) is 17.3 Å². The molecule has 3 rings (SSSR count). The fraction of sp³-hybridized carbons (Fsp3) is 0.118. The molecule has 5 nitrogen and oxygen atoms in total. The lowest BCUT2D eigenvalue weighted by atomic mass is 10.2. The molecule has 0 bridgehead atoms. The second-order valence-corrected chi connectivity index (χ2v) is 7.94. The van der Waals surface area contributed by atoms with Crippen molar-refractivity contribution in [3.05, 3.63) is 57.5 Å². The van der Waals surface area contributed by atoms with Gasteiger partial charge in [-0.25, -0.2) is 4.98 Å². The summed E-state index contributed by atoms with van der Waals surface area (Å²) in [5.74, 6) is 0.398. The van der Waals surface area contributed by atoms with Crippen molar-refractivity contribution in [3.63, 3.8) is 0 Å². The van der Waals surface area contributed by atoms with Gasteiger partial charge in [-0.3, -0.25) is 9.89 Å². The summed E-state index contributed by atoms with van der Waals surface area (Å²) < 4.78 is 0. The summed E-state index contributed by atoms with van der Waals surface area (Å²) in [4.78, 5) is 16.8. The van der Waals surface area contributed by atoms with Crippen molar-refractivity contribution < 1.29 is 4.79 Å². The topological polar surface area (TPSA) is 70.7 Å². The van der Waals surface area contributed by atoms with Gasteiger partial charge in [0, 0.05) is 15.6 Å². The predicted molar refractivity (Wildman–Crippen MR) is 107 cm³/mol. The lowest BCUT2D eigenvalue weighted by Crippen LogP contribution is -2.22. The molecule has 134 valence electrons. The van der Waals surface area contributed by atoms with Crippen molar-refractivity contribution in [2.75, 3.05) is 5.32 Å². The number of hydrogen-bond donors (Lipinski definition) is 2. The molecule has 1 atom stereocenters. The molecule has 0 spiro atoms. The monoisotopic (exact) mass is 426 g/mol. The van der Waals surface area contributed by atoms with Crippen LogP contribution >= 0.6 is 46.6 Å². The Morgan fingerprint density at radius 3 is 2.50 bits per heavy atom. The van der Waals surface area contributed by atoms with Crippen molar-refractivity contribution in [3.8, 4) is 11.4 Å². The fourth-order valence-corrected chi connectivity index (χ4v) is 3.38. The summed E-state index contributed by atoms with van der Waals surface area (Å²) in [5.41, 5.74) is 1.36. The third-order valence-electron chi connectivity index (χ3n) is 3.42. The Labute approximate surface area is 169 Å². The van der Waals surface area contributed by atoms with Gasteiger partial charge in [0.1, 0.15) is 0 Å². The number of thioether (sulfide) groups is 1. The van der Waals surface area contributed by atoms with E-state index in [1.165, 1.54) is 11.8 Å². The van der Waals surface area contributed by atoms with E-state index in [0.717, 1.165) is 5.56 Å².